The van der Waals surface area contributed by atoms with Crippen molar-refractivity contribution in [1.29, 1.82) is 0 Å². The van der Waals surface area contributed by atoms with Crippen molar-refractivity contribution in [2.75, 3.05) is 31.6 Å². The number of anilines is 1. The van der Waals surface area contributed by atoms with E-state index in [1.165, 1.54) is 35.2 Å². The van der Waals surface area contributed by atoms with E-state index in [4.69, 9.17) is 5.10 Å². The lowest BCUT2D eigenvalue weighted by Crippen LogP contribution is -2.55. The molecule has 1 aromatic heterocycles. The van der Waals surface area contributed by atoms with Crippen LogP contribution in [0.5, 0.6) is 0 Å². The summed E-state index contributed by atoms with van der Waals surface area (Å²) in [6, 6.07) is 17.1. The molecule has 0 saturated carbocycles. The highest BCUT2D eigenvalue weighted by Crippen LogP contribution is 2.44. The van der Waals surface area contributed by atoms with Crippen molar-refractivity contribution in [3.8, 4) is 5.69 Å². The number of aromatic nitrogens is 2. The van der Waals surface area contributed by atoms with Gasteiger partial charge in [-0.25, -0.2) is 9.07 Å². The minimum Gasteiger partial charge on any atom is -0.347 e. The average Bonchev–Trinajstić information content (AvgIpc) is 3.68. The zero-order valence-corrected chi connectivity index (χ0v) is 26.1. The smallest absolute Gasteiger partial charge is 0.347 e. The lowest BCUT2D eigenvalue weighted by atomic mass is 9.80. The number of hydrogen-bond acceptors (Lipinski definition) is 5. The van der Waals surface area contributed by atoms with Crippen LogP contribution in [0.2, 0.25) is 0 Å². The third-order valence-corrected chi connectivity index (χ3v) is 8.49. The minimum absolute atomic E-state index is 0.0419. The quantitative estimate of drug-likeness (QED) is 0.265. The number of amides is 3. The summed E-state index contributed by atoms with van der Waals surface area (Å²) in [5.41, 5.74) is 1.28. The monoisotopic (exact) mass is 660 g/mol. The van der Waals surface area contributed by atoms with Gasteiger partial charge < -0.3 is 10.6 Å². The zero-order valence-electron chi connectivity index (χ0n) is 26.1. The van der Waals surface area contributed by atoms with E-state index in [1.54, 1.807) is 11.6 Å². The Labute approximate surface area is 273 Å². The Bertz CT molecular complexity index is 1890. The van der Waals surface area contributed by atoms with Crippen LogP contribution < -0.4 is 15.5 Å². The molecule has 248 valence electrons. The van der Waals surface area contributed by atoms with Crippen LogP contribution in [0.3, 0.4) is 0 Å². The lowest BCUT2D eigenvalue weighted by Gasteiger charge is -2.38. The van der Waals surface area contributed by atoms with Crippen LogP contribution in [0, 0.1) is 5.82 Å². The number of carbonyl (C=O) groups is 3. The molecule has 2 atom stereocenters. The summed E-state index contributed by atoms with van der Waals surface area (Å²) in [7, 11) is 1.89. The summed E-state index contributed by atoms with van der Waals surface area (Å²) >= 11 is 0. The fourth-order valence-corrected chi connectivity index (χ4v) is 6.17. The first kappa shape index (κ1) is 32.6. The van der Waals surface area contributed by atoms with Gasteiger partial charge in [0.1, 0.15) is 17.7 Å². The molecule has 9 nitrogen and oxygen atoms in total. The molecule has 0 aliphatic carbocycles. The Morgan fingerprint density at radius 2 is 1.71 bits per heavy atom. The summed E-state index contributed by atoms with van der Waals surface area (Å²) in [4.78, 5) is 44.5. The number of alkyl halides is 3. The van der Waals surface area contributed by atoms with Crippen LogP contribution >= 0.6 is 0 Å². The highest BCUT2D eigenvalue weighted by atomic mass is 19.4. The van der Waals surface area contributed by atoms with Gasteiger partial charge >= 0.3 is 6.18 Å². The van der Waals surface area contributed by atoms with Crippen molar-refractivity contribution in [2.24, 2.45) is 0 Å². The SMILES string of the molecule is CCN1C(=O)[C@H](NC(=O)c2cccc(C(F)(F)F)c2)[C@H](c2ccc(F)cc2)c2c(CNC(=O)C3=CCN(C)C3)nn(-c3ccccc3)c21. The number of halogens is 4. The van der Waals surface area contributed by atoms with E-state index in [-0.39, 0.29) is 24.6 Å². The molecule has 3 amide bonds. The number of carbonyl (C=O) groups excluding carboxylic acids is 3. The summed E-state index contributed by atoms with van der Waals surface area (Å²) in [6.07, 6.45) is -2.84. The molecule has 4 aromatic rings. The molecule has 3 heterocycles. The molecule has 2 aliphatic rings. The second kappa shape index (κ2) is 13.1. The van der Waals surface area contributed by atoms with Crippen LogP contribution in [0.25, 0.3) is 5.69 Å². The number of fused-ring (bicyclic) bond motifs is 1. The van der Waals surface area contributed by atoms with Crippen LogP contribution in [0.4, 0.5) is 23.4 Å². The van der Waals surface area contributed by atoms with Crippen LogP contribution in [-0.2, 0) is 22.3 Å². The van der Waals surface area contributed by atoms with Gasteiger partial charge in [-0.3, -0.25) is 24.2 Å². The number of hydrogen-bond donors (Lipinski definition) is 2. The normalized spacial score (nSPS) is 18.0. The van der Waals surface area contributed by atoms with Crippen molar-refractivity contribution in [3.63, 3.8) is 0 Å². The first-order valence-corrected chi connectivity index (χ1v) is 15.3. The number of likely N-dealkylation sites (N-methyl/N-ethyl adjacent to an activating group) is 2. The average molecular weight is 661 g/mol. The fraction of sp³-hybridized carbons (Fsp3) is 0.257. The van der Waals surface area contributed by atoms with E-state index in [0.29, 0.717) is 47.0 Å². The minimum atomic E-state index is -4.68. The van der Waals surface area contributed by atoms with Crippen molar-refractivity contribution in [2.45, 2.75) is 31.6 Å². The van der Waals surface area contributed by atoms with Gasteiger partial charge in [0.25, 0.3) is 11.8 Å². The molecule has 0 spiro atoms. The van der Waals surface area contributed by atoms with Crippen molar-refractivity contribution in [3.05, 3.63) is 124 Å². The van der Waals surface area contributed by atoms with E-state index in [1.807, 2.05) is 48.4 Å². The maximum absolute atomic E-state index is 14.4. The van der Waals surface area contributed by atoms with E-state index in [9.17, 15) is 31.9 Å². The van der Waals surface area contributed by atoms with Gasteiger partial charge in [-0.15, -0.1) is 0 Å². The van der Waals surface area contributed by atoms with Crippen LogP contribution in [0.15, 0.2) is 90.5 Å². The van der Waals surface area contributed by atoms with Crippen LogP contribution in [-0.4, -0.2) is 65.1 Å². The van der Waals surface area contributed by atoms with Crippen LogP contribution in [0.1, 0.15) is 45.6 Å². The van der Waals surface area contributed by atoms with Gasteiger partial charge in [-0.2, -0.15) is 18.3 Å². The first-order valence-electron chi connectivity index (χ1n) is 15.3. The predicted molar refractivity (Wildman–Crippen MR) is 170 cm³/mol. The second-order valence-electron chi connectivity index (χ2n) is 11.7. The third-order valence-electron chi connectivity index (χ3n) is 8.49. The number of para-hydroxylation sites is 1. The topological polar surface area (TPSA) is 99.6 Å². The van der Waals surface area contributed by atoms with Gasteiger partial charge in [0.05, 0.1) is 23.5 Å². The predicted octanol–water partition coefficient (Wildman–Crippen LogP) is 4.82. The molecule has 0 unspecified atom stereocenters. The molecule has 0 saturated heterocycles. The molecule has 0 fully saturated rings. The third kappa shape index (κ3) is 6.33. The maximum Gasteiger partial charge on any atom is 0.416 e. The molecule has 3 aromatic carbocycles. The molecule has 48 heavy (non-hydrogen) atoms. The molecule has 13 heteroatoms. The van der Waals surface area contributed by atoms with Crippen molar-refractivity contribution >= 4 is 23.5 Å². The first-order chi connectivity index (χ1) is 23.0. The molecule has 2 aliphatic heterocycles. The number of nitrogens with one attached hydrogen (secondary N) is 2. The Morgan fingerprint density at radius 1 is 0.979 bits per heavy atom. The van der Waals surface area contributed by atoms with Gasteiger partial charge in [0, 0.05) is 42.3 Å². The van der Waals surface area contributed by atoms with E-state index in [2.05, 4.69) is 10.6 Å². The highest BCUT2D eigenvalue weighted by Gasteiger charge is 2.46. The Balaban J connectivity index is 1.49. The maximum atomic E-state index is 14.4. The molecule has 0 bridgehead atoms. The van der Waals surface area contributed by atoms with E-state index in [0.717, 1.165) is 18.2 Å². The summed E-state index contributed by atoms with van der Waals surface area (Å²) in [5, 5.41) is 10.5. The lowest BCUT2D eigenvalue weighted by molar-refractivity contribution is -0.137. The van der Waals surface area contributed by atoms with Gasteiger partial charge in [0.15, 0.2) is 0 Å². The van der Waals surface area contributed by atoms with Crippen molar-refractivity contribution < 1.29 is 31.9 Å². The molecule has 2 N–H and O–H groups in total. The summed E-state index contributed by atoms with van der Waals surface area (Å²) in [6.45, 7) is 2.97. The number of rotatable bonds is 8. The Morgan fingerprint density at radius 3 is 2.35 bits per heavy atom. The van der Waals surface area contributed by atoms with E-state index < -0.39 is 41.3 Å². The van der Waals surface area contributed by atoms with Gasteiger partial charge in [0.2, 0.25) is 5.91 Å². The zero-order chi connectivity index (χ0) is 34.2. The number of benzene rings is 3. The van der Waals surface area contributed by atoms with E-state index >= 15 is 0 Å². The summed E-state index contributed by atoms with van der Waals surface area (Å²) in [5.74, 6) is -2.79. The molecular weight excluding hydrogens is 628 g/mol. The molecule has 0 radical (unpaired) electrons. The molecule has 6 rings (SSSR count). The van der Waals surface area contributed by atoms with Gasteiger partial charge in [-0.05, 0) is 62.0 Å². The fourth-order valence-electron chi connectivity index (χ4n) is 6.17. The Kier molecular flexibility index (Phi) is 8.89. The van der Waals surface area contributed by atoms with Crippen molar-refractivity contribution in [1.82, 2.24) is 25.3 Å². The standard InChI is InChI=1S/C35H32F4N6O3/c1-3-44-33-29(27(42-45(33)26-10-5-4-6-11-26)19-40-31(46)23-16-17-43(2)20-23)28(21-12-14-25(36)15-13-21)30(34(44)48)41-32(47)22-8-7-9-24(18-22)35(37,38)39/h4-16,18,28,30H,3,17,19-20H2,1-2H3,(H,40,46)(H,41,47)/t28-,30-/m1/s1. The summed E-state index contributed by atoms with van der Waals surface area (Å²) < 4.78 is 56.3. The second-order valence-corrected chi connectivity index (χ2v) is 11.7. The number of nitrogens with zero attached hydrogens (tertiary/aromatic N) is 4. The largest absolute Gasteiger partial charge is 0.416 e. The van der Waals surface area contributed by atoms with Gasteiger partial charge in [-0.1, -0.05) is 42.5 Å². The molecular formula is C35H32F4N6O3. The Hall–Kier alpha value is -5.30. The highest BCUT2D eigenvalue weighted by molar-refractivity contribution is 6.05.